The van der Waals surface area contributed by atoms with Crippen molar-refractivity contribution in [1.29, 1.82) is 0 Å². The molecule has 0 spiro atoms. The van der Waals surface area contributed by atoms with Gasteiger partial charge in [0.15, 0.2) is 6.61 Å². The molecule has 0 bridgehead atoms. The molecule has 2 unspecified atom stereocenters. The Balaban J connectivity index is 1.54. The van der Waals surface area contributed by atoms with Crippen molar-refractivity contribution in [1.82, 2.24) is 15.0 Å². The highest BCUT2D eigenvalue weighted by Gasteiger charge is 2.25. The number of benzene rings is 1. The molecule has 0 amide bonds. The summed E-state index contributed by atoms with van der Waals surface area (Å²) in [6, 6.07) is 6.13. The standard InChI is InChI=1S/C16H20FN3O3/c1-11-9-21-12(2)7-20(11)8-16-18-15(19-23-16)10-22-14-5-3-13(17)4-6-14/h3-6,11-12H,7-10H2,1-2H3. The number of ether oxygens (including phenoxy) is 2. The van der Waals surface area contributed by atoms with Crippen LogP contribution < -0.4 is 4.74 Å². The van der Waals surface area contributed by atoms with Crippen molar-refractivity contribution >= 4 is 0 Å². The van der Waals surface area contributed by atoms with Gasteiger partial charge in [-0.2, -0.15) is 4.98 Å². The molecular formula is C16H20FN3O3. The minimum atomic E-state index is -0.298. The minimum absolute atomic E-state index is 0.185. The molecule has 6 nitrogen and oxygen atoms in total. The average Bonchev–Trinajstić information content (AvgIpc) is 2.98. The lowest BCUT2D eigenvalue weighted by Crippen LogP contribution is -2.46. The quantitative estimate of drug-likeness (QED) is 0.843. The van der Waals surface area contributed by atoms with Gasteiger partial charge in [-0.1, -0.05) is 5.16 Å². The van der Waals surface area contributed by atoms with Crippen LogP contribution in [0.25, 0.3) is 0 Å². The van der Waals surface area contributed by atoms with E-state index in [2.05, 4.69) is 28.9 Å². The van der Waals surface area contributed by atoms with Gasteiger partial charge in [0.2, 0.25) is 11.7 Å². The topological polar surface area (TPSA) is 60.6 Å². The highest BCUT2D eigenvalue weighted by Crippen LogP contribution is 2.15. The van der Waals surface area contributed by atoms with Crippen LogP contribution in [-0.4, -0.2) is 40.3 Å². The number of hydrogen-bond donors (Lipinski definition) is 0. The summed E-state index contributed by atoms with van der Waals surface area (Å²) in [4.78, 5) is 6.59. The fraction of sp³-hybridized carbons (Fsp3) is 0.500. The van der Waals surface area contributed by atoms with Crippen LogP contribution in [0.1, 0.15) is 25.6 Å². The van der Waals surface area contributed by atoms with Gasteiger partial charge in [-0.25, -0.2) is 4.39 Å². The van der Waals surface area contributed by atoms with Crippen molar-refractivity contribution < 1.29 is 18.4 Å². The van der Waals surface area contributed by atoms with E-state index in [9.17, 15) is 4.39 Å². The zero-order valence-electron chi connectivity index (χ0n) is 13.2. The Bertz CT molecular complexity index is 632. The number of hydrogen-bond acceptors (Lipinski definition) is 6. The van der Waals surface area contributed by atoms with E-state index < -0.39 is 0 Å². The number of halogens is 1. The van der Waals surface area contributed by atoms with Gasteiger partial charge in [0.05, 0.1) is 19.3 Å². The molecule has 0 N–H and O–H groups in total. The number of rotatable bonds is 5. The van der Waals surface area contributed by atoms with Crippen molar-refractivity contribution in [2.24, 2.45) is 0 Å². The van der Waals surface area contributed by atoms with Gasteiger partial charge < -0.3 is 14.0 Å². The van der Waals surface area contributed by atoms with Crippen LogP contribution in [0.2, 0.25) is 0 Å². The Morgan fingerprint density at radius 3 is 2.87 bits per heavy atom. The van der Waals surface area contributed by atoms with Crippen molar-refractivity contribution in [2.45, 2.75) is 39.1 Å². The number of nitrogens with zero attached hydrogens (tertiary/aromatic N) is 3. The van der Waals surface area contributed by atoms with Crippen LogP contribution in [0.15, 0.2) is 28.8 Å². The van der Waals surface area contributed by atoms with Crippen molar-refractivity contribution in [3.8, 4) is 5.75 Å². The molecule has 2 heterocycles. The van der Waals surface area contributed by atoms with E-state index in [1.807, 2.05) is 0 Å². The lowest BCUT2D eigenvalue weighted by Gasteiger charge is -2.35. The van der Waals surface area contributed by atoms with Crippen LogP contribution in [0.3, 0.4) is 0 Å². The van der Waals surface area contributed by atoms with Gasteiger partial charge in [0, 0.05) is 12.6 Å². The lowest BCUT2D eigenvalue weighted by molar-refractivity contribution is -0.0555. The largest absolute Gasteiger partial charge is 0.485 e. The molecule has 1 fully saturated rings. The Morgan fingerprint density at radius 1 is 1.30 bits per heavy atom. The Labute approximate surface area is 134 Å². The maximum Gasteiger partial charge on any atom is 0.240 e. The molecule has 124 valence electrons. The van der Waals surface area contributed by atoms with E-state index in [0.29, 0.717) is 36.7 Å². The van der Waals surface area contributed by atoms with E-state index in [1.165, 1.54) is 12.1 Å². The van der Waals surface area contributed by atoms with Gasteiger partial charge in [0.25, 0.3) is 0 Å². The third-order valence-electron chi connectivity index (χ3n) is 3.77. The van der Waals surface area contributed by atoms with Gasteiger partial charge >= 0.3 is 0 Å². The summed E-state index contributed by atoms with van der Waals surface area (Å²) < 4.78 is 29.2. The van der Waals surface area contributed by atoms with E-state index >= 15 is 0 Å². The molecule has 1 aromatic heterocycles. The monoisotopic (exact) mass is 321 g/mol. The molecule has 3 rings (SSSR count). The summed E-state index contributed by atoms with van der Waals surface area (Å²) in [5.74, 6) is 1.29. The number of morpholine rings is 1. The summed E-state index contributed by atoms with van der Waals surface area (Å²) in [7, 11) is 0. The van der Waals surface area contributed by atoms with Crippen molar-refractivity contribution in [2.75, 3.05) is 13.2 Å². The van der Waals surface area contributed by atoms with E-state index in [-0.39, 0.29) is 18.5 Å². The lowest BCUT2D eigenvalue weighted by atomic mass is 10.2. The Kier molecular flexibility index (Phi) is 4.88. The first-order valence-electron chi connectivity index (χ1n) is 7.65. The van der Waals surface area contributed by atoms with Crippen LogP contribution in [0.4, 0.5) is 4.39 Å². The van der Waals surface area contributed by atoms with Crippen LogP contribution in [-0.2, 0) is 17.9 Å². The van der Waals surface area contributed by atoms with Gasteiger partial charge in [-0.3, -0.25) is 4.90 Å². The zero-order chi connectivity index (χ0) is 16.2. The van der Waals surface area contributed by atoms with E-state index in [0.717, 1.165) is 6.54 Å². The fourth-order valence-electron chi connectivity index (χ4n) is 2.46. The molecule has 0 aliphatic carbocycles. The first-order chi connectivity index (χ1) is 11.1. The molecule has 2 aromatic rings. The second-order valence-corrected chi connectivity index (χ2v) is 5.77. The molecule has 7 heteroatoms. The molecule has 0 radical (unpaired) electrons. The summed E-state index contributed by atoms with van der Waals surface area (Å²) in [5.41, 5.74) is 0. The zero-order valence-corrected chi connectivity index (χ0v) is 13.2. The highest BCUT2D eigenvalue weighted by molar-refractivity contribution is 5.22. The predicted molar refractivity (Wildman–Crippen MR) is 80.3 cm³/mol. The smallest absolute Gasteiger partial charge is 0.240 e. The maximum absolute atomic E-state index is 12.8. The van der Waals surface area contributed by atoms with Gasteiger partial charge in [0.1, 0.15) is 11.6 Å². The number of aromatic nitrogens is 2. The Morgan fingerprint density at radius 2 is 2.09 bits per heavy atom. The third kappa shape index (κ3) is 4.27. The minimum Gasteiger partial charge on any atom is -0.485 e. The first-order valence-corrected chi connectivity index (χ1v) is 7.65. The normalized spacial score (nSPS) is 22.2. The van der Waals surface area contributed by atoms with E-state index in [4.69, 9.17) is 14.0 Å². The molecule has 2 atom stereocenters. The SMILES string of the molecule is CC1CN(Cc2nc(COc3ccc(F)cc3)no2)C(C)CO1. The summed E-state index contributed by atoms with van der Waals surface area (Å²) in [6.45, 7) is 6.48. The molecule has 1 aliphatic heterocycles. The van der Waals surface area contributed by atoms with Gasteiger partial charge in [-0.05, 0) is 38.1 Å². The second kappa shape index (κ2) is 7.06. The molecule has 1 saturated heterocycles. The first kappa shape index (κ1) is 15.9. The Hall–Kier alpha value is -1.99. The van der Waals surface area contributed by atoms with Crippen molar-refractivity contribution in [3.63, 3.8) is 0 Å². The van der Waals surface area contributed by atoms with Crippen LogP contribution >= 0.6 is 0 Å². The molecule has 23 heavy (non-hydrogen) atoms. The second-order valence-electron chi connectivity index (χ2n) is 5.77. The van der Waals surface area contributed by atoms with E-state index in [1.54, 1.807) is 12.1 Å². The summed E-state index contributed by atoms with van der Waals surface area (Å²) >= 11 is 0. The van der Waals surface area contributed by atoms with Crippen LogP contribution in [0, 0.1) is 5.82 Å². The summed E-state index contributed by atoms with van der Waals surface area (Å²) in [5, 5.41) is 3.92. The summed E-state index contributed by atoms with van der Waals surface area (Å²) in [6.07, 6.45) is 0.204. The molecule has 0 saturated carbocycles. The average molecular weight is 321 g/mol. The fourth-order valence-corrected chi connectivity index (χ4v) is 2.46. The highest BCUT2D eigenvalue weighted by atomic mass is 19.1. The van der Waals surface area contributed by atoms with Gasteiger partial charge in [-0.15, -0.1) is 0 Å². The molecule has 1 aromatic carbocycles. The maximum atomic E-state index is 12.8. The predicted octanol–water partition coefficient (Wildman–Crippen LogP) is 2.40. The van der Waals surface area contributed by atoms with Crippen LogP contribution in [0.5, 0.6) is 5.75 Å². The third-order valence-corrected chi connectivity index (χ3v) is 3.77. The molecule has 1 aliphatic rings. The van der Waals surface area contributed by atoms with Crippen molar-refractivity contribution in [3.05, 3.63) is 41.8 Å². The molecular weight excluding hydrogens is 301 g/mol.